The molecule has 0 aliphatic carbocycles. The maximum atomic E-state index is 10.8. The summed E-state index contributed by atoms with van der Waals surface area (Å²) < 4.78 is 0. The number of likely N-dealkylation sites (N-methyl/N-ethyl adjacent to an activating group) is 1. The van der Waals surface area contributed by atoms with Gasteiger partial charge in [-0.1, -0.05) is 0 Å². The third kappa shape index (κ3) is 4.39. The molecule has 13 heavy (non-hydrogen) atoms. The first-order valence-corrected chi connectivity index (χ1v) is 5.09. The first-order chi connectivity index (χ1) is 6.18. The van der Waals surface area contributed by atoms with Crippen LogP contribution in [0.25, 0.3) is 0 Å². The van der Waals surface area contributed by atoms with E-state index in [4.69, 9.17) is 0 Å². The molecule has 1 rings (SSSR count). The van der Waals surface area contributed by atoms with Crippen LogP contribution in [0.2, 0.25) is 0 Å². The molecule has 1 saturated heterocycles. The van der Waals surface area contributed by atoms with Crippen LogP contribution in [0.3, 0.4) is 0 Å². The number of Topliss-reactive ketones (excluding diaryl/α,β-unsaturated/α-hetero) is 1. The van der Waals surface area contributed by atoms with Crippen molar-refractivity contribution >= 4 is 5.78 Å². The molecule has 0 amide bonds. The van der Waals surface area contributed by atoms with Gasteiger partial charge in [0, 0.05) is 13.1 Å². The standard InChI is InChI=1S/C10H20N2O/c1-10(13)9-11(2)7-8-12-5-3-4-6-12/h3-9H2,1-2H3. The van der Waals surface area contributed by atoms with Gasteiger partial charge in [-0.15, -0.1) is 0 Å². The van der Waals surface area contributed by atoms with Crippen molar-refractivity contribution in [2.24, 2.45) is 0 Å². The molecule has 0 aromatic rings. The second-order valence-electron chi connectivity index (χ2n) is 3.99. The molecule has 0 aromatic heterocycles. The van der Waals surface area contributed by atoms with Gasteiger partial charge < -0.3 is 4.90 Å². The molecule has 1 fully saturated rings. The average molecular weight is 184 g/mol. The highest BCUT2D eigenvalue weighted by Crippen LogP contribution is 2.06. The number of hydrogen-bond donors (Lipinski definition) is 0. The van der Waals surface area contributed by atoms with E-state index in [-0.39, 0.29) is 5.78 Å². The van der Waals surface area contributed by atoms with Crippen LogP contribution in [0.15, 0.2) is 0 Å². The van der Waals surface area contributed by atoms with Crippen LogP contribution in [-0.2, 0) is 4.79 Å². The van der Waals surface area contributed by atoms with E-state index in [1.165, 1.54) is 25.9 Å². The van der Waals surface area contributed by atoms with E-state index in [0.29, 0.717) is 6.54 Å². The highest BCUT2D eigenvalue weighted by atomic mass is 16.1. The lowest BCUT2D eigenvalue weighted by Gasteiger charge is -2.19. The second kappa shape index (κ2) is 5.35. The van der Waals surface area contributed by atoms with Gasteiger partial charge in [0.25, 0.3) is 0 Å². The van der Waals surface area contributed by atoms with Crippen LogP contribution >= 0.6 is 0 Å². The molecule has 0 saturated carbocycles. The topological polar surface area (TPSA) is 23.6 Å². The quantitative estimate of drug-likeness (QED) is 0.625. The Labute approximate surface area is 80.7 Å². The van der Waals surface area contributed by atoms with Crippen molar-refractivity contribution in [1.29, 1.82) is 0 Å². The van der Waals surface area contributed by atoms with E-state index in [0.717, 1.165) is 13.1 Å². The summed E-state index contributed by atoms with van der Waals surface area (Å²) in [5.41, 5.74) is 0. The minimum atomic E-state index is 0.254. The Balaban J connectivity index is 2.06. The van der Waals surface area contributed by atoms with Crippen molar-refractivity contribution < 1.29 is 4.79 Å². The fraction of sp³-hybridized carbons (Fsp3) is 0.900. The van der Waals surface area contributed by atoms with Crippen molar-refractivity contribution in [2.45, 2.75) is 19.8 Å². The van der Waals surface area contributed by atoms with E-state index < -0.39 is 0 Å². The third-order valence-electron chi connectivity index (χ3n) is 2.49. The van der Waals surface area contributed by atoms with Crippen LogP contribution < -0.4 is 0 Å². The van der Waals surface area contributed by atoms with Crippen LogP contribution in [0, 0.1) is 0 Å². The van der Waals surface area contributed by atoms with Crippen molar-refractivity contribution in [3.8, 4) is 0 Å². The van der Waals surface area contributed by atoms with Gasteiger partial charge >= 0.3 is 0 Å². The number of rotatable bonds is 5. The molecule has 1 heterocycles. The van der Waals surface area contributed by atoms with Crippen LogP contribution in [0.1, 0.15) is 19.8 Å². The summed E-state index contributed by atoms with van der Waals surface area (Å²) in [5, 5.41) is 0. The molecule has 0 bridgehead atoms. The van der Waals surface area contributed by atoms with Crippen molar-refractivity contribution in [2.75, 3.05) is 39.8 Å². The van der Waals surface area contributed by atoms with E-state index in [9.17, 15) is 4.79 Å². The predicted molar refractivity (Wildman–Crippen MR) is 53.9 cm³/mol. The van der Waals surface area contributed by atoms with Gasteiger partial charge in [-0.2, -0.15) is 0 Å². The highest BCUT2D eigenvalue weighted by Gasteiger charge is 2.11. The molecule has 0 unspecified atom stereocenters. The summed E-state index contributed by atoms with van der Waals surface area (Å²) in [7, 11) is 2.01. The fourth-order valence-electron chi connectivity index (χ4n) is 1.78. The van der Waals surface area contributed by atoms with E-state index in [2.05, 4.69) is 9.80 Å². The Morgan fingerprint density at radius 1 is 1.38 bits per heavy atom. The minimum Gasteiger partial charge on any atom is -0.302 e. The summed E-state index contributed by atoms with van der Waals surface area (Å²) in [6, 6.07) is 0. The third-order valence-corrected chi connectivity index (χ3v) is 2.49. The molecule has 76 valence electrons. The summed E-state index contributed by atoms with van der Waals surface area (Å²) >= 11 is 0. The zero-order chi connectivity index (χ0) is 9.68. The SMILES string of the molecule is CC(=O)CN(C)CCN1CCCC1. The van der Waals surface area contributed by atoms with Crippen LogP contribution in [-0.4, -0.2) is 55.4 Å². The van der Waals surface area contributed by atoms with Gasteiger partial charge in [-0.25, -0.2) is 0 Å². The normalized spacial score (nSPS) is 18.4. The van der Waals surface area contributed by atoms with Crippen molar-refractivity contribution in [3.63, 3.8) is 0 Å². The van der Waals surface area contributed by atoms with E-state index in [1.54, 1.807) is 6.92 Å². The number of ketones is 1. The average Bonchev–Trinajstić information content (AvgIpc) is 2.51. The lowest BCUT2D eigenvalue weighted by molar-refractivity contribution is -0.117. The van der Waals surface area contributed by atoms with Gasteiger partial charge in [0.1, 0.15) is 5.78 Å². The molecule has 0 aromatic carbocycles. The monoisotopic (exact) mass is 184 g/mol. The first kappa shape index (κ1) is 10.7. The molecular formula is C10H20N2O. The molecule has 0 radical (unpaired) electrons. The number of nitrogens with zero attached hydrogens (tertiary/aromatic N) is 2. The lowest BCUT2D eigenvalue weighted by atomic mass is 10.4. The summed E-state index contributed by atoms with van der Waals surface area (Å²) in [6.07, 6.45) is 2.69. The zero-order valence-corrected chi connectivity index (χ0v) is 8.75. The minimum absolute atomic E-state index is 0.254. The Morgan fingerprint density at radius 3 is 2.54 bits per heavy atom. The Morgan fingerprint density at radius 2 is 2.00 bits per heavy atom. The number of carbonyl (C=O) groups excluding carboxylic acids is 1. The zero-order valence-electron chi connectivity index (χ0n) is 8.75. The largest absolute Gasteiger partial charge is 0.302 e. The van der Waals surface area contributed by atoms with Gasteiger partial charge in [0.15, 0.2) is 0 Å². The number of hydrogen-bond acceptors (Lipinski definition) is 3. The molecule has 0 atom stereocenters. The van der Waals surface area contributed by atoms with Gasteiger partial charge in [-0.05, 0) is 39.9 Å². The van der Waals surface area contributed by atoms with E-state index >= 15 is 0 Å². The molecule has 1 aliphatic rings. The second-order valence-corrected chi connectivity index (χ2v) is 3.99. The smallest absolute Gasteiger partial charge is 0.143 e. The molecule has 1 aliphatic heterocycles. The molecule has 3 nitrogen and oxygen atoms in total. The van der Waals surface area contributed by atoms with Crippen LogP contribution in [0.4, 0.5) is 0 Å². The lowest BCUT2D eigenvalue weighted by Crippen LogP contribution is -2.33. The molecule has 0 spiro atoms. The van der Waals surface area contributed by atoms with Gasteiger partial charge in [0.2, 0.25) is 0 Å². The summed E-state index contributed by atoms with van der Waals surface area (Å²) in [6.45, 7) is 6.85. The van der Waals surface area contributed by atoms with Gasteiger partial charge in [-0.3, -0.25) is 9.69 Å². The number of carbonyl (C=O) groups is 1. The van der Waals surface area contributed by atoms with Crippen LogP contribution in [0.5, 0.6) is 0 Å². The Hall–Kier alpha value is -0.410. The predicted octanol–water partition coefficient (Wildman–Crippen LogP) is 0.603. The highest BCUT2D eigenvalue weighted by molar-refractivity contribution is 5.77. The number of likely N-dealkylation sites (tertiary alicyclic amines) is 1. The maximum absolute atomic E-state index is 10.8. The van der Waals surface area contributed by atoms with E-state index in [1.807, 2.05) is 7.05 Å². The summed E-state index contributed by atoms with van der Waals surface area (Å²) in [5.74, 6) is 0.254. The fourth-order valence-corrected chi connectivity index (χ4v) is 1.78. The molecule has 0 N–H and O–H groups in total. The Kier molecular flexibility index (Phi) is 4.39. The molecular weight excluding hydrogens is 164 g/mol. The first-order valence-electron chi connectivity index (χ1n) is 5.09. The van der Waals surface area contributed by atoms with Crippen molar-refractivity contribution in [1.82, 2.24) is 9.80 Å². The summed E-state index contributed by atoms with van der Waals surface area (Å²) in [4.78, 5) is 15.4. The van der Waals surface area contributed by atoms with Gasteiger partial charge in [0.05, 0.1) is 6.54 Å². The molecule has 3 heteroatoms. The maximum Gasteiger partial charge on any atom is 0.143 e. The van der Waals surface area contributed by atoms with Crippen molar-refractivity contribution in [3.05, 3.63) is 0 Å². The Bertz CT molecular complexity index is 164.